The van der Waals surface area contributed by atoms with Crippen molar-refractivity contribution in [2.75, 3.05) is 0 Å². The molecule has 23 heavy (non-hydrogen) atoms. The molecule has 0 radical (unpaired) electrons. The van der Waals surface area contributed by atoms with Crippen molar-refractivity contribution in [2.24, 2.45) is 0 Å². The van der Waals surface area contributed by atoms with E-state index >= 15 is 0 Å². The van der Waals surface area contributed by atoms with Crippen molar-refractivity contribution in [3.63, 3.8) is 0 Å². The smallest absolute Gasteiger partial charge is 0.204 e. The van der Waals surface area contributed by atoms with Gasteiger partial charge in [0.25, 0.3) is 0 Å². The molecule has 5 nitrogen and oxygen atoms in total. The van der Waals surface area contributed by atoms with Gasteiger partial charge in [0.05, 0.1) is 10.0 Å². The first-order valence-corrected chi connectivity index (χ1v) is 8.54. The molecule has 0 fully saturated rings. The van der Waals surface area contributed by atoms with E-state index in [0.717, 1.165) is 0 Å². The molecule has 0 aliphatic heterocycles. The topological polar surface area (TPSA) is 90.9 Å². The number of aromatic hydroxyl groups is 3. The highest BCUT2D eigenvalue weighted by Crippen LogP contribution is 2.45. The molecule has 118 valence electrons. The molecule has 0 unspecified atom stereocenters. The van der Waals surface area contributed by atoms with E-state index in [2.05, 4.69) is 47.8 Å². The predicted molar refractivity (Wildman–Crippen MR) is 96.0 cm³/mol. The van der Waals surface area contributed by atoms with Crippen LogP contribution in [0.1, 0.15) is 0 Å². The van der Waals surface area contributed by atoms with Crippen LogP contribution < -0.4 is 5.43 Å². The highest BCUT2D eigenvalue weighted by atomic mass is 79.9. The van der Waals surface area contributed by atoms with Crippen molar-refractivity contribution in [3.8, 4) is 28.4 Å². The summed E-state index contributed by atoms with van der Waals surface area (Å²) in [6.45, 7) is 0. The van der Waals surface area contributed by atoms with Gasteiger partial charge in [0, 0.05) is 0 Å². The van der Waals surface area contributed by atoms with Crippen LogP contribution in [0.2, 0.25) is 0 Å². The van der Waals surface area contributed by atoms with Gasteiger partial charge >= 0.3 is 0 Å². The number of phenols is 3. The van der Waals surface area contributed by atoms with Crippen molar-refractivity contribution in [1.29, 1.82) is 0 Å². The van der Waals surface area contributed by atoms with Gasteiger partial charge in [0.1, 0.15) is 32.1 Å². The lowest BCUT2D eigenvalue weighted by molar-refractivity contribution is 0.443. The van der Waals surface area contributed by atoms with Gasteiger partial charge in [-0.05, 0) is 65.5 Å². The summed E-state index contributed by atoms with van der Waals surface area (Å²) in [5, 5.41) is 29.5. The van der Waals surface area contributed by atoms with Crippen LogP contribution in [-0.2, 0) is 0 Å². The SMILES string of the molecule is O=c1c(-c2ccc(O)c(Br)c2)coc2c(Br)c(O)c(Br)c(O)c12. The monoisotopic (exact) mass is 504 g/mol. The summed E-state index contributed by atoms with van der Waals surface area (Å²) in [7, 11) is 0. The van der Waals surface area contributed by atoms with Crippen molar-refractivity contribution < 1.29 is 19.7 Å². The van der Waals surface area contributed by atoms with E-state index < -0.39 is 11.2 Å². The molecule has 0 amide bonds. The van der Waals surface area contributed by atoms with Crippen molar-refractivity contribution >= 4 is 58.8 Å². The second-order valence-electron chi connectivity index (χ2n) is 4.67. The maximum absolute atomic E-state index is 12.7. The fourth-order valence-electron chi connectivity index (χ4n) is 2.14. The van der Waals surface area contributed by atoms with Gasteiger partial charge in [-0.1, -0.05) is 6.07 Å². The lowest BCUT2D eigenvalue weighted by Gasteiger charge is -2.09. The van der Waals surface area contributed by atoms with Crippen molar-refractivity contribution in [2.45, 2.75) is 0 Å². The van der Waals surface area contributed by atoms with E-state index in [0.29, 0.717) is 10.0 Å². The molecule has 0 aliphatic rings. The highest BCUT2D eigenvalue weighted by molar-refractivity contribution is 9.11. The van der Waals surface area contributed by atoms with E-state index in [-0.39, 0.29) is 37.0 Å². The number of benzene rings is 2. The molecule has 0 aliphatic carbocycles. The van der Waals surface area contributed by atoms with Crippen molar-refractivity contribution in [3.05, 3.63) is 48.1 Å². The van der Waals surface area contributed by atoms with Crippen LogP contribution in [0.25, 0.3) is 22.1 Å². The molecule has 3 aromatic rings. The van der Waals surface area contributed by atoms with Crippen LogP contribution in [0.15, 0.2) is 47.1 Å². The molecular formula is C15H7Br3O5. The molecule has 0 atom stereocenters. The Labute approximate surface area is 154 Å². The fourth-order valence-corrected chi connectivity index (χ4v) is 3.68. The molecule has 8 heteroatoms. The number of hydrogen-bond acceptors (Lipinski definition) is 5. The second-order valence-corrected chi connectivity index (χ2v) is 7.11. The van der Waals surface area contributed by atoms with E-state index in [1.165, 1.54) is 12.3 Å². The first kappa shape index (κ1) is 16.4. The Hall–Kier alpha value is -1.51. The maximum atomic E-state index is 12.7. The summed E-state index contributed by atoms with van der Waals surface area (Å²) in [6.07, 6.45) is 1.24. The average Bonchev–Trinajstić information content (AvgIpc) is 2.53. The van der Waals surface area contributed by atoms with Crippen LogP contribution in [0.3, 0.4) is 0 Å². The van der Waals surface area contributed by atoms with Crippen LogP contribution in [0.5, 0.6) is 17.2 Å². The first-order valence-electron chi connectivity index (χ1n) is 6.16. The van der Waals surface area contributed by atoms with E-state index in [4.69, 9.17) is 4.42 Å². The standard InChI is InChI=1S/C15H7Br3O5/c16-7-3-5(1-2-8(7)19)6-4-23-15-9(12(6)20)13(21)10(17)14(22)11(15)18/h1-4,19,21-22H. The van der Waals surface area contributed by atoms with Crippen LogP contribution in [0.4, 0.5) is 0 Å². The Bertz CT molecular complexity index is 1010. The number of phenolic OH excluding ortho intramolecular Hbond substituents is 3. The molecular weight excluding hydrogens is 500 g/mol. The highest BCUT2D eigenvalue weighted by Gasteiger charge is 2.22. The normalized spacial score (nSPS) is 11.1. The van der Waals surface area contributed by atoms with Gasteiger partial charge < -0.3 is 19.7 Å². The second kappa shape index (κ2) is 5.85. The zero-order valence-electron chi connectivity index (χ0n) is 11.1. The Balaban J connectivity index is 2.40. The molecule has 1 heterocycles. The molecule has 0 spiro atoms. The Morgan fingerprint density at radius 2 is 1.65 bits per heavy atom. The van der Waals surface area contributed by atoms with Gasteiger partial charge in [0.2, 0.25) is 5.43 Å². The first-order chi connectivity index (χ1) is 10.8. The third-order valence-corrected chi connectivity index (χ3v) is 5.43. The summed E-state index contributed by atoms with van der Waals surface area (Å²) in [5.41, 5.74) is 0.278. The minimum absolute atomic E-state index is 0.00629. The average molecular weight is 507 g/mol. The summed E-state index contributed by atoms with van der Waals surface area (Å²) in [6, 6.07) is 4.56. The van der Waals surface area contributed by atoms with Gasteiger partial charge in [-0.25, -0.2) is 0 Å². The van der Waals surface area contributed by atoms with Crippen LogP contribution in [0, 0.1) is 0 Å². The summed E-state index contributed by atoms with van der Waals surface area (Å²) >= 11 is 9.36. The molecule has 0 saturated heterocycles. The zero-order chi connectivity index (χ0) is 16.9. The maximum Gasteiger partial charge on any atom is 0.204 e. The largest absolute Gasteiger partial charge is 0.507 e. The minimum Gasteiger partial charge on any atom is -0.507 e. The third kappa shape index (κ3) is 2.54. The molecule has 3 rings (SSSR count). The van der Waals surface area contributed by atoms with Gasteiger partial charge in [-0.2, -0.15) is 0 Å². The van der Waals surface area contributed by atoms with Gasteiger partial charge in [-0.15, -0.1) is 0 Å². The lowest BCUT2D eigenvalue weighted by Crippen LogP contribution is -2.05. The minimum atomic E-state index is -0.470. The van der Waals surface area contributed by atoms with E-state index in [1.807, 2.05) is 0 Å². The fraction of sp³-hybridized carbons (Fsp3) is 0. The van der Waals surface area contributed by atoms with E-state index in [9.17, 15) is 20.1 Å². The molecule has 0 saturated carbocycles. The van der Waals surface area contributed by atoms with Gasteiger partial charge in [-0.3, -0.25) is 4.79 Å². The zero-order valence-corrected chi connectivity index (χ0v) is 15.9. The summed E-state index contributed by atoms with van der Waals surface area (Å²) in [5.74, 6) is -0.635. The van der Waals surface area contributed by atoms with E-state index in [1.54, 1.807) is 12.1 Å². The van der Waals surface area contributed by atoms with Crippen LogP contribution in [-0.4, -0.2) is 15.3 Å². The third-order valence-electron chi connectivity index (χ3n) is 3.31. The number of rotatable bonds is 1. The number of halogens is 3. The van der Waals surface area contributed by atoms with Crippen molar-refractivity contribution in [1.82, 2.24) is 0 Å². The molecule has 1 aromatic heterocycles. The number of fused-ring (bicyclic) bond motifs is 1. The molecule has 2 aromatic carbocycles. The quantitative estimate of drug-likeness (QED) is 0.438. The Morgan fingerprint density at radius 1 is 0.957 bits per heavy atom. The Kier molecular flexibility index (Phi) is 4.16. The number of hydrogen-bond donors (Lipinski definition) is 3. The molecule has 0 bridgehead atoms. The summed E-state index contributed by atoms with van der Waals surface area (Å²) < 4.78 is 6.01. The van der Waals surface area contributed by atoms with Gasteiger partial charge in [0.15, 0.2) is 11.3 Å². The summed E-state index contributed by atoms with van der Waals surface area (Å²) in [4.78, 5) is 12.7. The predicted octanol–water partition coefficient (Wildman–Crippen LogP) is 4.86. The lowest BCUT2D eigenvalue weighted by atomic mass is 10.0. The Morgan fingerprint density at radius 3 is 2.30 bits per heavy atom. The van der Waals surface area contributed by atoms with Crippen LogP contribution >= 0.6 is 47.8 Å². The molecule has 3 N–H and O–H groups in total.